The third-order valence-electron chi connectivity index (χ3n) is 5.27. The molecule has 1 N–H and O–H groups in total. The number of aryl methyl sites for hydroxylation is 2. The van der Waals surface area contributed by atoms with Gasteiger partial charge in [0.25, 0.3) is 0 Å². The van der Waals surface area contributed by atoms with E-state index in [-0.39, 0.29) is 5.91 Å². The van der Waals surface area contributed by atoms with E-state index in [4.69, 9.17) is 4.98 Å². The van der Waals surface area contributed by atoms with Crippen LogP contribution in [0.15, 0.2) is 24.3 Å². The summed E-state index contributed by atoms with van der Waals surface area (Å²) < 4.78 is 0. The van der Waals surface area contributed by atoms with Gasteiger partial charge < -0.3 is 5.32 Å². The molecule has 1 aliphatic rings. The van der Waals surface area contributed by atoms with Gasteiger partial charge in [0.15, 0.2) is 0 Å². The molecule has 0 unspecified atom stereocenters. The van der Waals surface area contributed by atoms with Gasteiger partial charge >= 0.3 is 0 Å². The van der Waals surface area contributed by atoms with Crippen molar-refractivity contribution in [2.45, 2.75) is 71.1 Å². The molecule has 134 valence electrons. The summed E-state index contributed by atoms with van der Waals surface area (Å²) >= 11 is 0. The third kappa shape index (κ3) is 4.81. The van der Waals surface area contributed by atoms with Crippen LogP contribution in [0.25, 0.3) is 10.9 Å². The zero-order valence-electron chi connectivity index (χ0n) is 15.4. The fraction of sp³-hybridized carbons (Fsp3) is 0.545. The van der Waals surface area contributed by atoms with E-state index in [1.807, 2.05) is 0 Å². The molecule has 1 aromatic heterocycles. The lowest BCUT2D eigenvalue weighted by atomic mass is 9.87. The Balaban J connectivity index is 1.57. The molecule has 0 bridgehead atoms. The Bertz CT molecular complexity index is 723. The lowest BCUT2D eigenvalue weighted by Gasteiger charge is -2.21. The summed E-state index contributed by atoms with van der Waals surface area (Å²) in [5, 5.41) is 4.24. The molecule has 0 saturated heterocycles. The van der Waals surface area contributed by atoms with Crippen LogP contribution in [0.4, 0.5) is 0 Å². The third-order valence-corrected chi connectivity index (χ3v) is 5.27. The molecule has 3 nitrogen and oxygen atoms in total. The molecule has 1 aliphatic carbocycles. The van der Waals surface area contributed by atoms with Crippen LogP contribution in [-0.2, 0) is 24.1 Å². The number of para-hydroxylation sites is 1. The summed E-state index contributed by atoms with van der Waals surface area (Å²) in [6, 6.07) is 8.66. The van der Waals surface area contributed by atoms with Crippen LogP contribution in [0.1, 0.15) is 68.7 Å². The molecule has 25 heavy (non-hydrogen) atoms. The molecule has 3 rings (SSSR count). The number of hydrogen-bond donors (Lipinski definition) is 1. The molecule has 0 fully saturated rings. The predicted octanol–water partition coefficient (Wildman–Crippen LogP) is 4.74. The van der Waals surface area contributed by atoms with Crippen LogP contribution >= 0.6 is 0 Å². The maximum Gasteiger partial charge on any atom is 0.216 e. The van der Waals surface area contributed by atoms with E-state index in [0.717, 1.165) is 19.4 Å². The maximum absolute atomic E-state index is 10.8. The minimum Gasteiger partial charge on any atom is -0.356 e. The second-order valence-corrected chi connectivity index (χ2v) is 7.24. The second-order valence-electron chi connectivity index (χ2n) is 7.24. The first kappa shape index (κ1) is 17.9. The highest BCUT2D eigenvalue weighted by molar-refractivity contribution is 5.83. The normalized spacial score (nSPS) is 13.6. The summed E-state index contributed by atoms with van der Waals surface area (Å²) in [5.41, 5.74) is 5.65. The highest BCUT2D eigenvalue weighted by Gasteiger charge is 2.17. The lowest BCUT2D eigenvalue weighted by molar-refractivity contribution is -0.118. The van der Waals surface area contributed by atoms with Gasteiger partial charge in [0.05, 0.1) is 5.52 Å². The van der Waals surface area contributed by atoms with E-state index in [0.29, 0.717) is 0 Å². The first-order chi connectivity index (χ1) is 12.3. The summed E-state index contributed by atoms with van der Waals surface area (Å²) in [6.45, 7) is 2.40. The molecule has 1 heterocycles. The topological polar surface area (TPSA) is 42.0 Å². The molecule has 0 atom stereocenters. The van der Waals surface area contributed by atoms with Crippen LogP contribution < -0.4 is 5.32 Å². The summed E-state index contributed by atoms with van der Waals surface area (Å²) in [4.78, 5) is 15.8. The number of nitrogens with zero attached hydrogens (tertiary/aromatic N) is 1. The molecular formula is C22H30N2O. The van der Waals surface area contributed by atoms with E-state index in [9.17, 15) is 4.79 Å². The average molecular weight is 338 g/mol. The predicted molar refractivity (Wildman–Crippen MR) is 104 cm³/mol. The number of amides is 1. The van der Waals surface area contributed by atoms with Crippen molar-refractivity contribution in [1.82, 2.24) is 10.3 Å². The smallest absolute Gasteiger partial charge is 0.216 e. The van der Waals surface area contributed by atoms with Gasteiger partial charge in [0, 0.05) is 24.5 Å². The van der Waals surface area contributed by atoms with Crippen molar-refractivity contribution in [3.8, 4) is 0 Å². The van der Waals surface area contributed by atoms with Crippen molar-refractivity contribution in [3.05, 3.63) is 41.1 Å². The van der Waals surface area contributed by atoms with Gasteiger partial charge in [-0.3, -0.25) is 9.78 Å². The van der Waals surface area contributed by atoms with Crippen molar-refractivity contribution in [2.24, 2.45) is 0 Å². The minimum atomic E-state index is 0.0781. The Morgan fingerprint density at radius 1 is 1.04 bits per heavy atom. The number of benzene rings is 1. The monoisotopic (exact) mass is 338 g/mol. The fourth-order valence-electron chi connectivity index (χ4n) is 3.98. The van der Waals surface area contributed by atoms with Crippen LogP contribution in [0.5, 0.6) is 0 Å². The van der Waals surface area contributed by atoms with Gasteiger partial charge in [-0.2, -0.15) is 0 Å². The van der Waals surface area contributed by atoms with E-state index in [1.165, 1.54) is 68.0 Å². The molecule has 0 radical (unpaired) electrons. The number of unbranched alkanes of at least 4 members (excludes halogenated alkanes) is 4. The van der Waals surface area contributed by atoms with Crippen molar-refractivity contribution >= 4 is 16.8 Å². The van der Waals surface area contributed by atoms with Crippen molar-refractivity contribution < 1.29 is 4.79 Å². The van der Waals surface area contributed by atoms with E-state index >= 15 is 0 Å². The highest BCUT2D eigenvalue weighted by Crippen LogP contribution is 2.30. The number of rotatable bonds is 8. The number of pyridine rings is 1. The van der Waals surface area contributed by atoms with E-state index in [1.54, 1.807) is 18.1 Å². The summed E-state index contributed by atoms with van der Waals surface area (Å²) in [7, 11) is 0. The standard InChI is InChI=1S/C22H30N2O/c1-17(25)23-16-10-4-2-3-5-11-18-19-12-6-8-14-21(19)24-22-15-9-7-13-20(18)22/h6,8,12,14H,2-5,7,9-11,13,15-16H2,1H3,(H,23,25). The van der Waals surface area contributed by atoms with E-state index in [2.05, 4.69) is 29.6 Å². The molecule has 3 heteroatoms. The van der Waals surface area contributed by atoms with Gasteiger partial charge in [0.1, 0.15) is 0 Å². The average Bonchev–Trinajstić information content (AvgIpc) is 2.62. The Morgan fingerprint density at radius 3 is 2.68 bits per heavy atom. The highest BCUT2D eigenvalue weighted by atomic mass is 16.1. The maximum atomic E-state index is 10.8. The largest absolute Gasteiger partial charge is 0.356 e. The molecule has 0 spiro atoms. The Labute approximate surface area is 151 Å². The Morgan fingerprint density at radius 2 is 1.80 bits per heavy atom. The quantitative estimate of drug-likeness (QED) is 0.706. The van der Waals surface area contributed by atoms with Gasteiger partial charge in [0.2, 0.25) is 5.91 Å². The zero-order chi connectivity index (χ0) is 17.5. The number of hydrogen-bond acceptors (Lipinski definition) is 2. The minimum absolute atomic E-state index is 0.0781. The Hall–Kier alpha value is -1.90. The molecular weight excluding hydrogens is 308 g/mol. The molecule has 1 amide bonds. The molecule has 0 saturated carbocycles. The van der Waals surface area contributed by atoms with Gasteiger partial charge in [-0.05, 0) is 62.1 Å². The van der Waals surface area contributed by atoms with Crippen LogP contribution in [0.3, 0.4) is 0 Å². The SMILES string of the molecule is CC(=O)NCCCCCCCc1c2c(nc3ccccc13)CCCC2. The fourth-order valence-corrected chi connectivity index (χ4v) is 3.98. The summed E-state index contributed by atoms with van der Waals surface area (Å²) in [5.74, 6) is 0.0781. The number of carbonyl (C=O) groups excluding carboxylic acids is 1. The van der Waals surface area contributed by atoms with Crippen molar-refractivity contribution in [2.75, 3.05) is 6.54 Å². The van der Waals surface area contributed by atoms with Crippen molar-refractivity contribution in [3.63, 3.8) is 0 Å². The van der Waals surface area contributed by atoms with Crippen LogP contribution in [0, 0.1) is 0 Å². The first-order valence-corrected chi connectivity index (χ1v) is 9.89. The number of nitrogens with one attached hydrogen (secondary N) is 1. The van der Waals surface area contributed by atoms with Crippen molar-refractivity contribution in [1.29, 1.82) is 0 Å². The number of aromatic nitrogens is 1. The number of carbonyl (C=O) groups is 1. The first-order valence-electron chi connectivity index (χ1n) is 9.89. The Kier molecular flexibility index (Phi) is 6.43. The lowest BCUT2D eigenvalue weighted by Crippen LogP contribution is -2.20. The summed E-state index contributed by atoms with van der Waals surface area (Å²) in [6.07, 6.45) is 12.2. The van der Waals surface area contributed by atoms with Gasteiger partial charge in [-0.1, -0.05) is 37.5 Å². The second kappa shape index (κ2) is 8.98. The van der Waals surface area contributed by atoms with Gasteiger partial charge in [-0.25, -0.2) is 0 Å². The van der Waals surface area contributed by atoms with Crippen LogP contribution in [0.2, 0.25) is 0 Å². The number of fused-ring (bicyclic) bond motifs is 2. The molecule has 2 aromatic rings. The van der Waals surface area contributed by atoms with Gasteiger partial charge in [-0.15, -0.1) is 0 Å². The zero-order valence-corrected chi connectivity index (χ0v) is 15.4. The van der Waals surface area contributed by atoms with Crippen LogP contribution in [-0.4, -0.2) is 17.4 Å². The van der Waals surface area contributed by atoms with E-state index < -0.39 is 0 Å². The molecule has 1 aromatic carbocycles. The molecule has 0 aliphatic heterocycles.